The zero-order chi connectivity index (χ0) is 26.8. The summed E-state index contributed by atoms with van der Waals surface area (Å²) < 4.78 is 35.6. The van der Waals surface area contributed by atoms with E-state index in [-0.39, 0.29) is 18.0 Å². The quantitative estimate of drug-likeness (QED) is 0.434. The minimum Gasteiger partial charge on any atom is -0.497 e. The highest BCUT2D eigenvalue weighted by Gasteiger charge is 2.63. The Bertz CT molecular complexity index is 1590. The van der Waals surface area contributed by atoms with E-state index in [2.05, 4.69) is 9.29 Å². The summed E-state index contributed by atoms with van der Waals surface area (Å²) in [6, 6.07) is 11.2. The highest BCUT2D eigenvalue weighted by Crippen LogP contribution is 2.65. The van der Waals surface area contributed by atoms with E-state index in [0.29, 0.717) is 18.1 Å². The molecular formula is C28H31N3O6S. The molecule has 1 aliphatic heterocycles. The van der Waals surface area contributed by atoms with Crippen LogP contribution < -0.4 is 14.2 Å². The first-order valence-electron chi connectivity index (χ1n) is 13.0. The van der Waals surface area contributed by atoms with Gasteiger partial charge in [-0.25, -0.2) is 9.44 Å². The van der Waals surface area contributed by atoms with Gasteiger partial charge in [-0.05, 0) is 66.6 Å². The van der Waals surface area contributed by atoms with Crippen LogP contribution in [0.3, 0.4) is 0 Å². The number of carbonyl (C=O) groups excluding carboxylic acids is 1. The number of methoxy groups -OCH3 is 1. The van der Waals surface area contributed by atoms with E-state index in [1.165, 1.54) is 19.0 Å². The molecule has 2 fully saturated rings. The smallest absolute Gasteiger partial charge is 0.312 e. The molecule has 0 radical (unpaired) electrons. The van der Waals surface area contributed by atoms with Gasteiger partial charge in [0.2, 0.25) is 0 Å². The average Bonchev–Trinajstić information content (AvgIpc) is 3.59. The van der Waals surface area contributed by atoms with Crippen LogP contribution in [0.2, 0.25) is 0 Å². The molecule has 9 nitrogen and oxygen atoms in total. The number of benzene rings is 2. The van der Waals surface area contributed by atoms with Crippen molar-refractivity contribution < 1.29 is 27.9 Å². The lowest BCUT2D eigenvalue weighted by atomic mass is 9.81. The van der Waals surface area contributed by atoms with Crippen LogP contribution in [0.4, 0.5) is 0 Å². The van der Waals surface area contributed by atoms with Crippen LogP contribution in [0.5, 0.6) is 5.75 Å². The van der Waals surface area contributed by atoms with Crippen molar-refractivity contribution in [3.05, 3.63) is 53.1 Å². The lowest BCUT2D eigenvalue weighted by molar-refractivity contribution is -0.144. The summed E-state index contributed by atoms with van der Waals surface area (Å²) in [6.07, 6.45) is 6.10. The predicted molar refractivity (Wildman–Crippen MR) is 143 cm³/mol. The number of carbonyl (C=O) groups is 2. The van der Waals surface area contributed by atoms with E-state index < -0.39 is 27.5 Å². The van der Waals surface area contributed by atoms with Gasteiger partial charge >= 0.3 is 16.2 Å². The number of rotatable bonds is 6. The third-order valence-corrected chi connectivity index (χ3v) is 9.70. The van der Waals surface area contributed by atoms with Crippen molar-refractivity contribution in [2.24, 2.45) is 5.41 Å². The number of aliphatic carboxylic acids is 1. The van der Waals surface area contributed by atoms with Crippen molar-refractivity contribution >= 4 is 33.0 Å². The van der Waals surface area contributed by atoms with Crippen molar-refractivity contribution in [3.63, 3.8) is 0 Å². The van der Waals surface area contributed by atoms with Crippen LogP contribution in [-0.4, -0.2) is 44.1 Å². The maximum Gasteiger partial charge on any atom is 0.312 e. The Morgan fingerprint density at radius 3 is 2.55 bits per heavy atom. The average molecular weight is 538 g/mol. The van der Waals surface area contributed by atoms with Gasteiger partial charge in [-0.15, -0.1) is 0 Å². The van der Waals surface area contributed by atoms with E-state index in [9.17, 15) is 23.1 Å². The van der Waals surface area contributed by atoms with Gasteiger partial charge in [-0.1, -0.05) is 25.3 Å². The Balaban J connectivity index is 1.62. The summed E-state index contributed by atoms with van der Waals surface area (Å²) in [6.45, 7) is 0.280. The predicted octanol–water partition coefficient (Wildman–Crippen LogP) is 4.13. The molecular weight excluding hydrogens is 506 g/mol. The van der Waals surface area contributed by atoms with Crippen LogP contribution in [-0.2, 0) is 21.5 Å². The Kier molecular flexibility index (Phi) is 5.80. The van der Waals surface area contributed by atoms with Crippen molar-refractivity contribution in [3.8, 4) is 17.0 Å². The Labute approximate surface area is 221 Å². The number of nitrogens with one attached hydrogen (secondary N) is 2. The molecule has 3 N–H and O–H groups in total. The molecule has 200 valence electrons. The maximum absolute atomic E-state index is 12.9. The molecule has 3 aliphatic rings. The van der Waals surface area contributed by atoms with Gasteiger partial charge in [0.25, 0.3) is 5.91 Å². The van der Waals surface area contributed by atoms with Crippen LogP contribution in [0.25, 0.3) is 22.2 Å². The second-order valence-corrected chi connectivity index (χ2v) is 12.3. The van der Waals surface area contributed by atoms with E-state index in [0.717, 1.165) is 53.4 Å². The molecule has 0 bridgehead atoms. The number of hydrogen-bond donors (Lipinski definition) is 3. The molecule has 38 heavy (non-hydrogen) atoms. The molecule has 2 heterocycles. The summed E-state index contributed by atoms with van der Waals surface area (Å²) in [5.74, 6) is -0.696. The fourth-order valence-electron chi connectivity index (χ4n) is 6.65. The molecule has 2 aliphatic carbocycles. The van der Waals surface area contributed by atoms with Gasteiger partial charge in [0.15, 0.2) is 0 Å². The third kappa shape index (κ3) is 3.80. The Morgan fingerprint density at radius 2 is 1.87 bits per heavy atom. The first kappa shape index (κ1) is 24.9. The van der Waals surface area contributed by atoms with Crippen LogP contribution in [0.15, 0.2) is 36.4 Å². The number of hydrogen-bond acceptors (Lipinski definition) is 5. The van der Waals surface area contributed by atoms with Crippen LogP contribution >= 0.6 is 0 Å². The molecule has 2 saturated carbocycles. The van der Waals surface area contributed by atoms with Crippen LogP contribution in [0.1, 0.15) is 71.8 Å². The lowest BCUT2D eigenvalue weighted by Crippen LogP contribution is -2.38. The van der Waals surface area contributed by atoms with Gasteiger partial charge in [-0.3, -0.25) is 9.59 Å². The third-order valence-electron chi connectivity index (χ3n) is 8.71. The minimum absolute atomic E-state index is 0.133. The minimum atomic E-state index is -3.97. The topological polar surface area (TPSA) is 127 Å². The van der Waals surface area contributed by atoms with E-state index in [4.69, 9.17) is 4.74 Å². The summed E-state index contributed by atoms with van der Waals surface area (Å²) in [5, 5.41) is 11.4. The van der Waals surface area contributed by atoms with Gasteiger partial charge in [0, 0.05) is 41.5 Å². The molecule has 1 amide bonds. The van der Waals surface area contributed by atoms with Crippen LogP contribution in [0, 0.1) is 5.41 Å². The lowest BCUT2D eigenvalue weighted by Gasteiger charge is -2.24. The number of carboxylic acids is 1. The van der Waals surface area contributed by atoms with E-state index >= 15 is 0 Å². The van der Waals surface area contributed by atoms with E-state index in [1.807, 2.05) is 29.0 Å². The maximum atomic E-state index is 12.9. The first-order valence-corrected chi connectivity index (χ1v) is 14.5. The highest BCUT2D eigenvalue weighted by atomic mass is 32.2. The molecule has 2 atom stereocenters. The summed E-state index contributed by atoms with van der Waals surface area (Å²) in [7, 11) is -1.13. The Hall–Kier alpha value is -3.37. The van der Waals surface area contributed by atoms with Crippen molar-refractivity contribution in [1.29, 1.82) is 0 Å². The molecule has 10 heteroatoms. The molecule has 0 spiro atoms. The molecule has 1 aromatic heterocycles. The van der Waals surface area contributed by atoms with Gasteiger partial charge < -0.3 is 14.4 Å². The van der Waals surface area contributed by atoms with Gasteiger partial charge in [0.05, 0.1) is 18.2 Å². The first-order chi connectivity index (χ1) is 18.2. The molecule has 6 rings (SSSR count). The monoisotopic (exact) mass is 537 g/mol. The number of ether oxygens (including phenoxy) is 1. The number of amides is 1. The molecule has 3 aromatic rings. The Morgan fingerprint density at radius 1 is 1.11 bits per heavy atom. The largest absolute Gasteiger partial charge is 0.497 e. The fourth-order valence-corrected chi connectivity index (χ4v) is 7.12. The summed E-state index contributed by atoms with van der Waals surface area (Å²) >= 11 is 0. The van der Waals surface area contributed by atoms with Gasteiger partial charge in [-0.2, -0.15) is 8.42 Å². The molecule has 2 unspecified atom stereocenters. The van der Waals surface area contributed by atoms with Crippen molar-refractivity contribution in [2.45, 2.75) is 56.9 Å². The molecule has 0 saturated heterocycles. The second-order valence-electron chi connectivity index (χ2n) is 10.7. The SMILES string of the molecule is CNS(=O)(=O)NC(=O)c1ccc2c(C3CCCCC3)c3n(c2c1)CC1(C(=O)O)CC1c1cc(OC)ccc1-3. The number of nitrogens with zero attached hydrogens (tertiary/aromatic N) is 1. The number of aromatic nitrogens is 1. The number of carboxylic acid groups (broad SMARTS) is 1. The highest BCUT2D eigenvalue weighted by molar-refractivity contribution is 7.88. The van der Waals surface area contributed by atoms with Crippen molar-refractivity contribution in [1.82, 2.24) is 14.0 Å². The van der Waals surface area contributed by atoms with E-state index in [1.54, 1.807) is 19.2 Å². The second kappa shape index (κ2) is 8.84. The van der Waals surface area contributed by atoms with Gasteiger partial charge in [0.1, 0.15) is 5.75 Å². The molecule has 2 aromatic carbocycles. The number of fused-ring (bicyclic) bond motifs is 7. The van der Waals surface area contributed by atoms with Crippen molar-refractivity contribution in [2.75, 3.05) is 14.2 Å². The summed E-state index contributed by atoms with van der Waals surface area (Å²) in [5.41, 5.74) is 4.21. The zero-order valence-corrected chi connectivity index (χ0v) is 22.2. The standard InChI is InChI=1S/C28H31N3O6S/c1-29-38(35,36)30-26(32)17-8-10-20-23(12-17)31-15-28(27(33)34)14-22(28)21-13-18(37-2)9-11-19(21)25(31)24(20)16-6-4-3-5-7-16/h8-13,16,22,29H,3-7,14-15H2,1-2H3,(H,30,32)(H,33,34). The normalized spacial score (nSPS) is 22.6. The fraction of sp³-hybridized carbons (Fsp3) is 0.429. The summed E-state index contributed by atoms with van der Waals surface area (Å²) in [4.78, 5) is 25.5. The zero-order valence-electron chi connectivity index (χ0n) is 21.4.